The van der Waals surface area contributed by atoms with Crippen LogP contribution in [0, 0.1) is 0 Å². The summed E-state index contributed by atoms with van der Waals surface area (Å²) in [5, 5.41) is 11.7. The van der Waals surface area contributed by atoms with Crippen LogP contribution in [0.1, 0.15) is 37.8 Å². The molecule has 2 aromatic carbocycles. The average molecular weight is 396 g/mol. The molecule has 0 fully saturated rings. The van der Waals surface area contributed by atoms with Crippen molar-refractivity contribution in [1.29, 1.82) is 0 Å². The van der Waals surface area contributed by atoms with Gasteiger partial charge in [-0.1, -0.05) is 39.0 Å². The Morgan fingerprint density at radius 1 is 0.931 bits per heavy atom. The van der Waals surface area contributed by atoms with Crippen LogP contribution in [0.5, 0.6) is 11.5 Å². The number of nitrogens with one attached hydrogen (secondary N) is 1. The Bertz CT molecular complexity index is 927. The highest BCUT2D eigenvalue weighted by Crippen LogP contribution is 2.28. The molecule has 3 rings (SSSR count). The van der Waals surface area contributed by atoms with Gasteiger partial charge in [0.25, 0.3) is 0 Å². The van der Waals surface area contributed by atoms with Gasteiger partial charge in [0.2, 0.25) is 11.8 Å². The molecule has 0 spiro atoms. The minimum atomic E-state index is 0.121. The molecule has 154 valence electrons. The van der Waals surface area contributed by atoms with E-state index in [-0.39, 0.29) is 5.41 Å². The van der Waals surface area contributed by atoms with E-state index >= 15 is 0 Å². The van der Waals surface area contributed by atoms with Gasteiger partial charge in [0.05, 0.1) is 20.8 Å². The first-order valence-electron chi connectivity index (χ1n) is 9.75. The zero-order valence-corrected chi connectivity index (χ0v) is 17.8. The van der Waals surface area contributed by atoms with Crippen LogP contribution in [0.25, 0.3) is 11.5 Å². The standard InChI is InChI=1S/C23H29N3O3/c1-23(2,3)18-9-7-17(8-10-18)22-26-25-21(29-22)15-24-13-12-16-6-11-19(27-4)20(14-16)28-5/h6-11,14,24H,12-13,15H2,1-5H3. The molecular formula is C23H29N3O3. The van der Waals surface area contributed by atoms with E-state index in [2.05, 4.69) is 48.4 Å². The minimum Gasteiger partial charge on any atom is -0.493 e. The van der Waals surface area contributed by atoms with Crippen molar-refractivity contribution < 1.29 is 13.9 Å². The van der Waals surface area contributed by atoms with Crippen molar-refractivity contribution in [3.05, 3.63) is 59.5 Å². The van der Waals surface area contributed by atoms with Crippen molar-refractivity contribution in [1.82, 2.24) is 15.5 Å². The van der Waals surface area contributed by atoms with E-state index in [0.717, 1.165) is 30.0 Å². The maximum atomic E-state index is 5.79. The lowest BCUT2D eigenvalue weighted by Gasteiger charge is -2.18. The number of rotatable bonds is 8. The molecule has 0 radical (unpaired) electrons. The van der Waals surface area contributed by atoms with Crippen LogP contribution >= 0.6 is 0 Å². The summed E-state index contributed by atoms with van der Waals surface area (Å²) in [5.41, 5.74) is 3.50. The zero-order valence-electron chi connectivity index (χ0n) is 17.8. The summed E-state index contributed by atoms with van der Waals surface area (Å²) >= 11 is 0. The molecule has 0 aliphatic heterocycles. The van der Waals surface area contributed by atoms with Crippen LogP contribution < -0.4 is 14.8 Å². The summed E-state index contributed by atoms with van der Waals surface area (Å²) in [6, 6.07) is 14.2. The second-order valence-electron chi connectivity index (χ2n) is 7.94. The van der Waals surface area contributed by atoms with Gasteiger partial charge in [0.1, 0.15) is 0 Å². The number of methoxy groups -OCH3 is 2. The molecular weight excluding hydrogens is 366 g/mol. The summed E-state index contributed by atoms with van der Waals surface area (Å²) in [6.45, 7) is 7.90. The molecule has 0 aliphatic carbocycles. The zero-order chi connectivity index (χ0) is 20.9. The number of hydrogen-bond acceptors (Lipinski definition) is 6. The van der Waals surface area contributed by atoms with Gasteiger partial charge in [-0.3, -0.25) is 0 Å². The van der Waals surface area contributed by atoms with E-state index in [9.17, 15) is 0 Å². The second kappa shape index (κ2) is 9.09. The Morgan fingerprint density at radius 3 is 2.31 bits per heavy atom. The minimum absolute atomic E-state index is 0.121. The van der Waals surface area contributed by atoms with Gasteiger partial charge in [-0.25, -0.2) is 0 Å². The van der Waals surface area contributed by atoms with E-state index in [4.69, 9.17) is 13.9 Å². The van der Waals surface area contributed by atoms with Gasteiger partial charge < -0.3 is 19.2 Å². The van der Waals surface area contributed by atoms with Crippen LogP contribution in [0.2, 0.25) is 0 Å². The molecule has 3 aromatic rings. The molecule has 1 heterocycles. The largest absolute Gasteiger partial charge is 0.493 e. The van der Waals surface area contributed by atoms with Crippen molar-refractivity contribution in [2.45, 2.75) is 39.2 Å². The predicted molar refractivity (Wildman–Crippen MR) is 113 cm³/mol. The third-order valence-corrected chi connectivity index (χ3v) is 4.78. The Kier molecular flexibility index (Phi) is 6.54. The highest BCUT2D eigenvalue weighted by atomic mass is 16.5. The highest BCUT2D eigenvalue weighted by molar-refractivity contribution is 5.53. The lowest BCUT2D eigenvalue weighted by Crippen LogP contribution is -2.16. The first kappa shape index (κ1) is 20.9. The summed E-state index contributed by atoms with van der Waals surface area (Å²) in [5.74, 6) is 2.59. The van der Waals surface area contributed by atoms with Crippen molar-refractivity contribution in [3.63, 3.8) is 0 Å². The van der Waals surface area contributed by atoms with Crippen LogP contribution in [0.15, 0.2) is 46.9 Å². The second-order valence-corrected chi connectivity index (χ2v) is 7.94. The first-order chi connectivity index (χ1) is 13.9. The Labute approximate surface area is 172 Å². The lowest BCUT2D eigenvalue weighted by atomic mass is 9.87. The molecule has 0 saturated heterocycles. The Balaban J connectivity index is 1.52. The molecule has 1 N–H and O–H groups in total. The molecule has 1 aromatic heterocycles. The maximum Gasteiger partial charge on any atom is 0.247 e. The molecule has 6 nitrogen and oxygen atoms in total. The molecule has 29 heavy (non-hydrogen) atoms. The summed E-state index contributed by atoms with van der Waals surface area (Å²) in [7, 11) is 3.28. The molecule has 0 aliphatic rings. The van der Waals surface area contributed by atoms with E-state index < -0.39 is 0 Å². The monoisotopic (exact) mass is 395 g/mol. The van der Waals surface area contributed by atoms with Crippen molar-refractivity contribution in [2.75, 3.05) is 20.8 Å². The lowest BCUT2D eigenvalue weighted by molar-refractivity contribution is 0.354. The maximum absolute atomic E-state index is 5.79. The van der Waals surface area contributed by atoms with Gasteiger partial charge in [-0.05, 0) is 53.8 Å². The van der Waals surface area contributed by atoms with Crippen LogP contribution in [-0.4, -0.2) is 31.0 Å². The molecule has 0 bridgehead atoms. The number of ether oxygens (including phenoxy) is 2. The molecule has 0 saturated carbocycles. The molecule has 0 atom stereocenters. The summed E-state index contributed by atoms with van der Waals surface area (Å²) in [4.78, 5) is 0. The van der Waals surface area contributed by atoms with E-state index in [1.165, 1.54) is 11.1 Å². The molecule has 0 amide bonds. The van der Waals surface area contributed by atoms with Crippen LogP contribution in [-0.2, 0) is 18.4 Å². The van der Waals surface area contributed by atoms with E-state index in [0.29, 0.717) is 18.3 Å². The van der Waals surface area contributed by atoms with Gasteiger partial charge in [0.15, 0.2) is 11.5 Å². The normalized spacial score (nSPS) is 11.5. The number of aromatic nitrogens is 2. The van der Waals surface area contributed by atoms with E-state index in [1.807, 2.05) is 30.3 Å². The van der Waals surface area contributed by atoms with Crippen molar-refractivity contribution in [3.8, 4) is 23.0 Å². The summed E-state index contributed by atoms with van der Waals surface area (Å²) < 4.78 is 16.4. The predicted octanol–water partition coefficient (Wildman–Crippen LogP) is 4.38. The van der Waals surface area contributed by atoms with Gasteiger partial charge >= 0.3 is 0 Å². The fourth-order valence-electron chi connectivity index (χ4n) is 3.02. The van der Waals surface area contributed by atoms with Gasteiger partial charge in [-0.15, -0.1) is 10.2 Å². The fraction of sp³-hybridized carbons (Fsp3) is 0.391. The number of benzene rings is 2. The number of nitrogens with zero attached hydrogens (tertiary/aromatic N) is 2. The van der Waals surface area contributed by atoms with E-state index in [1.54, 1.807) is 14.2 Å². The Morgan fingerprint density at radius 2 is 1.66 bits per heavy atom. The quantitative estimate of drug-likeness (QED) is 0.571. The Hall–Kier alpha value is -2.86. The van der Waals surface area contributed by atoms with Gasteiger partial charge in [0, 0.05) is 5.56 Å². The van der Waals surface area contributed by atoms with Crippen LogP contribution in [0.3, 0.4) is 0 Å². The summed E-state index contributed by atoms with van der Waals surface area (Å²) in [6.07, 6.45) is 0.857. The first-order valence-corrected chi connectivity index (χ1v) is 9.75. The third kappa shape index (κ3) is 5.35. The smallest absolute Gasteiger partial charge is 0.247 e. The highest BCUT2D eigenvalue weighted by Gasteiger charge is 2.14. The van der Waals surface area contributed by atoms with Crippen molar-refractivity contribution >= 4 is 0 Å². The number of hydrogen-bond donors (Lipinski definition) is 1. The molecule has 6 heteroatoms. The molecule has 0 unspecified atom stereocenters. The SMILES string of the molecule is COc1ccc(CCNCc2nnc(-c3ccc(C(C)(C)C)cc3)o2)cc1OC. The van der Waals surface area contributed by atoms with Crippen molar-refractivity contribution in [2.24, 2.45) is 0 Å². The van der Waals surface area contributed by atoms with Gasteiger partial charge in [-0.2, -0.15) is 0 Å². The average Bonchev–Trinajstić information content (AvgIpc) is 3.19. The third-order valence-electron chi connectivity index (χ3n) is 4.78. The van der Waals surface area contributed by atoms with Crippen LogP contribution in [0.4, 0.5) is 0 Å². The fourth-order valence-corrected chi connectivity index (χ4v) is 3.02. The topological polar surface area (TPSA) is 69.4 Å².